The van der Waals surface area contributed by atoms with E-state index in [-0.39, 0.29) is 18.4 Å². The number of rotatable bonds is 0. The zero-order chi connectivity index (χ0) is 7.02. The van der Waals surface area contributed by atoms with Crippen LogP contribution in [0.15, 0.2) is 0 Å². The van der Waals surface area contributed by atoms with Gasteiger partial charge in [-0.15, -0.1) is 0 Å². The number of amides is 1. The van der Waals surface area contributed by atoms with Gasteiger partial charge in [0, 0.05) is 7.05 Å². The molecule has 3 heteroatoms. The fourth-order valence-electron chi connectivity index (χ4n) is 0.979. The number of hydrogen-bond acceptors (Lipinski definition) is 2. The van der Waals surface area contributed by atoms with Crippen molar-refractivity contribution in [1.29, 1.82) is 0 Å². The molecule has 1 heterocycles. The molecule has 3 nitrogen and oxygen atoms in total. The SMILES string of the molecule is CC1C(O)CC(=O)N1C. The van der Waals surface area contributed by atoms with Crippen molar-refractivity contribution in [1.82, 2.24) is 4.90 Å². The average Bonchev–Trinajstić information content (AvgIpc) is 1.98. The molecule has 0 aromatic rings. The van der Waals surface area contributed by atoms with E-state index in [1.54, 1.807) is 11.9 Å². The maximum atomic E-state index is 10.8. The van der Waals surface area contributed by atoms with Gasteiger partial charge in [-0.3, -0.25) is 4.79 Å². The van der Waals surface area contributed by atoms with E-state index >= 15 is 0 Å². The highest BCUT2D eigenvalue weighted by Gasteiger charge is 2.32. The number of carbonyl (C=O) groups is 1. The van der Waals surface area contributed by atoms with E-state index < -0.39 is 6.10 Å². The number of hydrogen-bond donors (Lipinski definition) is 1. The van der Waals surface area contributed by atoms with E-state index in [0.29, 0.717) is 0 Å². The van der Waals surface area contributed by atoms with Crippen LogP contribution >= 0.6 is 0 Å². The number of likely N-dealkylation sites (tertiary alicyclic amines) is 1. The summed E-state index contributed by atoms with van der Waals surface area (Å²) in [6, 6.07) is -0.00231. The Hall–Kier alpha value is -0.570. The number of carbonyl (C=O) groups excluding carboxylic acids is 1. The molecule has 2 atom stereocenters. The summed E-state index contributed by atoms with van der Waals surface area (Å²) in [4.78, 5) is 12.3. The van der Waals surface area contributed by atoms with Crippen molar-refractivity contribution < 1.29 is 9.90 Å². The normalized spacial score (nSPS) is 35.9. The van der Waals surface area contributed by atoms with Gasteiger partial charge < -0.3 is 10.0 Å². The summed E-state index contributed by atoms with van der Waals surface area (Å²) in [6.07, 6.45) is -0.167. The summed E-state index contributed by atoms with van der Waals surface area (Å²) in [5.41, 5.74) is 0. The molecule has 1 saturated heterocycles. The van der Waals surface area contributed by atoms with Crippen LogP contribution in [-0.4, -0.2) is 35.1 Å². The number of likely N-dealkylation sites (N-methyl/N-ethyl adjacent to an activating group) is 1. The molecule has 1 amide bonds. The molecule has 0 bridgehead atoms. The third-order valence-electron chi connectivity index (χ3n) is 1.94. The van der Waals surface area contributed by atoms with Crippen LogP contribution in [-0.2, 0) is 4.79 Å². The maximum absolute atomic E-state index is 10.8. The van der Waals surface area contributed by atoms with Gasteiger partial charge in [-0.25, -0.2) is 0 Å². The molecular formula is C6H11NO2. The third kappa shape index (κ3) is 0.920. The Morgan fingerprint density at radius 1 is 1.78 bits per heavy atom. The van der Waals surface area contributed by atoms with Crippen molar-refractivity contribution in [3.8, 4) is 0 Å². The Morgan fingerprint density at radius 3 is 2.44 bits per heavy atom. The Balaban J connectivity index is 2.65. The smallest absolute Gasteiger partial charge is 0.225 e. The van der Waals surface area contributed by atoms with E-state index in [1.165, 1.54) is 0 Å². The summed E-state index contributed by atoms with van der Waals surface area (Å²) in [5, 5.41) is 9.08. The lowest BCUT2D eigenvalue weighted by molar-refractivity contribution is -0.127. The third-order valence-corrected chi connectivity index (χ3v) is 1.94. The summed E-state index contributed by atoms with van der Waals surface area (Å²) in [7, 11) is 1.71. The molecule has 52 valence electrons. The molecule has 0 aromatic carbocycles. The van der Waals surface area contributed by atoms with Crippen molar-refractivity contribution in [2.75, 3.05) is 7.05 Å². The molecule has 1 aliphatic rings. The molecule has 0 aromatic heterocycles. The first-order valence-corrected chi connectivity index (χ1v) is 3.06. The fraction of sp³-hybridized carbons (Fsp3) is 0.833. The molecule has 1 aliphatic heterocycles. The van der Waals surface area contributed by atoms with E-state index in [0.717, 1.165) is 0 Å². The molecule has 1 fully saturated rings. The van der Waals surface area contributed by atoms with Crippen molar-refractivity contribution in [3.05, 3.63) is 0 Å². The van der Waals surface area contributed by atoms with Gasteiger partial charge in [-0.05, 0) is 6.92 Å². The Morgan fingerprint density at radius 2 is 2.33 bits per heavy atom. The van der Waals surface area contributed by atoms with Crippen LogP contribution in [0.2, 0.25) is 0 Å². The topological polar surface area (TPSA) is 40.5 Å². The highest BCUT2D eigenvalue weighted by atomic mass is 16.3. The van der Waals surface area contributed by atoms with E-state index in [2.05, 4.69) is 0 Å². The Kier molecular flexibility index (Phi) is 1.45. The molecule has 2 unspecified atom stereocenters. The second-order valence-corrected chi connectivity index (χ2v) is 2.52. The predicted molar refractivity (Wildman–Crippen MR) is 32.9 cm³/mol. The van der Waals surface area contributed by atoms with Crippen LogP contribution in [0, 0.1) is 0 Å². The fourth-order valence-corrected chi connectivity index (χ4v) is 0.979. The summed E-state index contributed by atoms with van der Waals surface area (Å²) >= 11 is 0. The van der Waals surface area contributed by atoms with Crippen molar-refractivity contribution in [2.24, 2.45) is 0 Å². The standard InChI is InChI=1S/C6H11NO2/c1-4-5(8)3-6(9)7(4)2/h4-5,8H,3H2,1-2H3. The highest BCUT2D eigenvalue weighted by Crippen LogP contribution is 2.15. The lowest BCUT2D eigenvalue weighted by Gasteiger charge is -2.15. The first kappa shape index (κ1) is 6.55. The van der Waals surface area contributed by atoms with Gasteiger partial charge in [0.15, 0.2) is 0 Å². The van der Waals surface area contributed by atoms with Crippen LogP contribution in [0.4, 0.5) is 0 Å². The summed E-state index contributed by atoms with van der Waals surface area (Å²) < 4.78 is 0. The minimum Gasteiger partial charge on any atom is -0.390 e. The minimum atomic E-state index is -0.456. The lowest BCUT2D eigenvalue weighted by Crippen LogP contribution is -2.30. The maximum Gasteiger partial charge on any atom is 0.225 e. The lowest BCUT2D eigenvalue weighted by atomic mass is 10.2. The molecule has 1 N–H and O–H groups in total. The molecule has 9 heavy (non-hydrogen) atoms. The minimum absolute atomic E-state index is 0.00231. The van der Waals surface area contributed by atoms with Crippen molar-refractivity contribution >= 4 is 5.91 Å². The van der Waals surface area contributed by atoms with Crippen LogP contribution in [0.25, 0.3) is 0 Å². The molecular weight excluding hydrogens is 118 g/mol. The van der Waals surface area contributed by atoms with Gasteiger partial charge in [0.2, 0.25) is 5.91 Å². The Labute approximate surface area is 54.3 Å². The zero-order valence-corrected chi connectivity index (χ0v) is 5.66. The Bertz CT molecular complexity index is 135. The van der Waals surface area contributed by atoms with Crippen molar-refractivity contribution in [2.45, 2.75) is 25.5 Å². The van der Waals surface area contributed by atoms with Gasteiger partial charge in [-0.1, -0.05) is 0 Å². The average molecular weight is 129 g/mol. The van der Waals surface area contributed by atoms with Gasteiger partial charge in [0.1, 0.15) is 0 Å². The molecule has 0 saturated carbocycles. The van der Waals surface area contributed by atoms with Crippen LogP contribution in [0.5, 0.6) is 0 Å². The van der Waals surface area contributed by atoms with Crippen molar-refractivity contribution in [3.63, 3.8) is 0 Å². The number of aliphatic hydroxyl groups is 1. The second kappa shape index (κ2) is 1.99. The summed E-state index contributed by atoms with van der Waals surface area (Å²) in [5.74, 6) is 0.0370. The van der Waals surface area contributed by atoms with E-state index in [4.69, 9.17) is 5.11 Å². The number of aliphatic hydroxyl groups excluding tert-OH is 1. The van der Waals surface area contributed by atoms with Gasteiger partial charge in [0.25, 0.3) is 0 Å². The summed E-state index contributed by atoms with van der Waals surface area (Å²) in [6.45, 7) is 1.84. The van der Waals surface area contributed by atoms with Crippen LogP contribution in [0.3, 0.4) is 0 Å². The van der Waals surface area contributed by atoms with Crippen LogP contribution in [0.1, 0.15) is 13.3 Å². The van der Waals surface area contributed by atoms with E-state index in [9.17, 15) is 4.79 Å². The second-order valence-electron chi connectivity index (χ2n) is 2.52. The first-order chi connectivity index (χ1) is 4.13. The molecule has 0 radical (unpaired) electrons. The largest absolute Gasteiger partial charge is 0.390 e. The monoisotopic (exact) mass is 129 g/mol. The number of nitrogens with zero attached hydrogens (tertiary/aromatic N) is 1. The van der Waals surface area contributed by atoms with Gasteiger partial charge >= 0.3 is 0 Å². The first-order valence-electron chi connectivity index (χ1n) is 3.06. The van der Waals surface area contributed by atoms with Gasteiger partial charge in [0.05, 0.1) is 18.6 Å². The van der Waals surface area contributed by atoms with Gasteiger partial charge in [-0.2, -0.15) is 0 Å². The molecule has 0 spiro atoms. The predicted octanol–water partition coefficient (Wildman–Crippen LogP) is -0.402. The zero-order valence-electron chi connectivity index (χ0n) is 5.66. The quantitative estimate of drug-likeness (QED) is 0.483. The van der Waals surface area contributed by atoms with Crippen LogP contribution < -0.4 is 0 Å². The molecule has 1 rings (SSSR count). The van der Waals surface area contributed by atoms with E-state index in [1.807, 2.05) is 6.92 Å². The molecule has 0 aliphatic carbocycles. The highest BCUT2D eigenvalue weighted by molar-refractivity contribution is 5.79.